The van der Waals surface area contributed by atoms with Crippen molar-refractivity contribution in [3.05, 3.63) is 28.2 Å². The van der Waals surface area contributed by atoms with E-state index in [4.69, 9.17) is 10.5 Å². The summed E-state index contributed by atoms with van der Waals surface area (Å²) in [6, 6.07) is 5.16. The number of ether oxygens (including phenoxy) is 1. The van der Waals surface area contributed by atoms with Gasteiger partial charge in [-0.3, -0.25) is 0 Å². The zero-order chi connectivity index (χ0) is 10.7. The van der Waals surface area contributed by atoms with E-state index in [1.807, 2.05) is 18.2 Å². The number of benzene rings is 1. The Hall–Kier alpha value is -0.580. The quantitative estimate of drug-likeness (QED) is 0.871. The number of hydrogen-bond donors (Lipinski definition) is 2. The van der Waals surface area contributed by atoms with Crippen molar-refractivity contribution < 1.29 is 9.84 Å². The topological polar surface area (TPSA) is 55.5 Å². The molecule has 1 aromatic carbocycles. The van der Waals surface area contributed by atoms with E-state index in [2.05, 4.69) is 15.9 Å². The van der Waals surface area contributed by atoms with Gasteiger partial charge in [0.1, 0.15) is 5.75 Å². The van der Waals surface area contributed by atoms with E-state index in [-0.39, 0.29) is 6.04 Å². The highest BCUT2D eigenvalue weighted by molar-refractivity contribution is 9.10. The van der Waals surface area contributed by atoms with Crippen LogP contribution in [-0.4, -0.2) is 18.3 Å². The van der Waals surface area contributed by atoms with Crippen molar-refractivity contribution in [1.29, 1.82) is 0 Å². The number of aliphatic hydroxyl groups is 1. The van der Waals surface area contributed by atoms with E-state index in [1.165, 1.54) is 0 Å². The van der Waals surface area contributed by atoms with Crippen LogP contribution in [0.4, 0.5) is 0 Å². The van der Waals surface area contributed by atoms with E-state index in [0.717, 1.165) is 10.0 Å². The predicted octanol–water partition coefficient (Wildman–Crippen LogP) is 1.84. The molecule has 2 atom stereocenters. The first-order valence-electron chi connectivity index (χ1n) is 4.34. The highest BCUT2D eigenvalue weighted by Gasteiger charge is 2.17. The Labute approximate surface area is 92.0 Å². The van der Waals surface area contributed by atoms with Gasteiger partial charge in [-0.2, -0.15) is 0 Å². The molecule has 0 bridgehead atoms. The summed E-state index contributed by atoms with van der Waals surface area (Å²) < 4.78 is 5.87. The Morgan fingerprint density at radius 1 is 1.50 bits per heavy atom. The number of methoxy groups -OCH3 is 1. The Bertz CT molecular complexity index is 315. The van der Waals surface area contributed by atoms with Gasteiger partial charge in [0.15, 0.2) is 0 Å². The standard InChI is InChI=1S/C10H14BrNO2/c1-6(12)10(13)7-4-3-5-8(14-2)9(7)11/h3-6,10,13H,12H2,1-2H3. The second kappa shape index (κ2) is 4.77. The lowest BCUT2D eigenvalue weighted by Gasteiger charge is -2.17. The number of halogens is 1. The molecule has 0 spiro atoms. The van der Waals surface area contributed by atoms with Crippen LogP contribution < -0.4 is 10.5 Å². The fraction of sp³-hybridized carbons (Fsp3) is 0.400. The Kier molecular flexibility index (Phi) is 3.92. The van der Waals surface area contributed by atoms with Crippen LogP contribution in [0.25, 0.3) is 0 Å². The fourth-order valence-corrected chi connectivity index (χ4v) is 1.86. The maximum absolute atomic E-state index is 9.79. The molecule has 1 rings (SSSR count). The molecular weight excluding hydrogens is 246 g/mol. The van der Waals surface area contributed by atoms with Crippen molar-refractivity contribution in [2.75, 3.05) is 7.11 Å². The number of nitrogens with two attached hydrogens (primary N) is 1. The molecule has 0 heterocycles. The van der Waals surface area contributed by atoms with E-state index < -0.39 is 6.10 Å². The highest BCUT2D eigenvalue weighted by atomic mass is 79.9. The molecule has 0 radical (unpaired) electrons. The summed E-state index contributed by atoms with van der Waals surface area (Å²) in [7, 11) is 1.59. The van der Waals surface area contributed by atoms with Crippen LogP contribution in [0.1, 0.15) is 18.6 Å². The van der Waals surface area contributed by atoms with E-state index in [0.29, 0.717) is 5.75 Å². The molecule has 0 saturated heterocycles. The smallest absolute Gasteiger partial charge is 0.133 e. The molecule has 3 nitrogen and oxygen atoms in total. The molecular formula is C10H14BrNO2. The maximum atomic E-state index is 9.79. The van der Waals surface area contributed by atoms with Gasteiger partial charge in [0, 0.05) is 6.04 Å². The number of rotatable bonds is 3. The normalized spacial score (nSPS) is 14.9. The van der Waals surface area contributed by atoms with Crippen molar-refractivity contribution in [2.45, 2.75) is 19.1 Å². The van der Waals surface area contributed by atoms with E-state index in [1.54, 1.807) is 14.0 Å². The summed E-state index contributed by atoms with van der Waals surface area (Å²) in [4.78, 5) is 0. The van der Waals surface area contributed by atoms with Gasteiger partial charge in [-0.25, -0.2) is 0 Å². The molecule has 1 aromatic rings. The van der Waals surface area contributed by atoms with Gasteiger partial charge in [0.25, 0.3) is 0 Å². The van der Waals surface area contributed by atoms with Crippen LogP contribution in [0, 0.1) is 0 Å². The lowest BCUT2D eigenvalue weighted by Crippen LogP contribution is -2.24. The monoisotopic (exact) mass is 259 g/mol. The van der Waals surface area contributed by atoms with Crippen LogP contribution >= 0.6 is 15.9 Å². The van der Waals surface area contributed by atoms with Crippen LogP contribution in [0.15, 0.2) is 22.7 Å². The maximum Gasteiger partial charge on any atom is 0.133 e. The minimum absolute atomic E-state index is 0.307. The molecule has 0 amide bonds. The van der Waals surface area contributed by atoms with Crippen LogP contribution in [0.2, 0.25) is 0 Å². The van der Waals surface area contributed by atoms with Crippen molar-refractivity contribution in [3.63, 3.8) is 0 Å². The first kappa shape index (κ1) is 11.5. The molecule has 3 N–H and O–H groups in total. The van der Waals surface area contributed by atoms with Crippen LogP contribution in [0.5, 0.6) is 5.75 Å². The van der Waals surface area contributed by atoms with Crippen molar-refractivity contribution in [1.82, 2.24) is 0 Å². The molecule has 0 saturated carbocycles. The van der Waals surface area contributed by atoms with E-state index >= 15 is 0 Å². The number of hydrogen-bond acceptors (Lipinski definition) is 3. The van der Waals surface area contributed by atoms with Crippen molar-refractivity contribution in [2.24, 2.45) is 5.73 Å². The first-order valence-corrected chi connectivity index (χ1v) is 5.13. The predicted molar refractivity (Wildman–Crippen MR) is 59.3 cm³/mol. The zero-order valence-electron chi connectivity index (χ0n) is 8.20. The third-order valence-electron chi connectivity index (χ3n) is 2.03. The van der Waals surface area contributed by atoms with Crippen molar-refractivity contribution in [3.8, 4) is 5.75 Å². The average molecular weight is 260 g/mol. The van der Waals surface area contributed by atoms with Crippen LogP contribution in [0.3, 0.4) is 0 Å². The largest absolute Gasteiger partial charge is 0.496 e. The van der Waals surface area contributed by atoms with Gasteiger partial charge in [-0.1, -0.05) is 12.1 Å². The van der Waals surface area contributed by atoms with Gasteiger partial charge in [-0.15, -0.1) is 0 Å². The third-order valence-corrected chi connectivity index (χ3v) is 2.88. The molecule has 0 aromatic heterocycles. The molecule has 0 aliphatic rings. The number of aliphatic hydroxyl groups excluding tert-OH is 1. The second-order valence-corrected chi connectivity index (χ2v) is 3.96. The second-order valence-electron chi connectivity index (χ2n) is 3.17. The lowest BCUT2D eigenvalue weighted by atomic mass is 10.0. The summed E-state index contributed by atoms with van der Waals surface area (Å²) in [5, 5.41) is 9.79. The Balaban J connectivity index is 3.09. The first-order chi connectivity index (χ1) is 6.57. The Morgan fingerprint density at radius 3 is 2.64 bits per heavy atom. The molecule has 0 aliphatic carbocycles. The minimum Gasteiger partial charge on any atom is -0.496 e. The SMILES string of the molecule is COc1cccc(C(O)C(C)N)c1Br. The zero-order valence-corrected chi connectivity index (χ0v) is 9.78. The summed E-state index contributed by atoms with van der Waals surface area (Å²) in [5.41, 5.74) is 6.37. The highest BCUT2D eigenvalue weighted by Crippen LogP contribution is 2.32. The molecule has 4 heteroatoms. The molecule has 78 valence electrons. The molecule has 2 unspecified atom stereocenters. The lowest BCUT2D eigenvalue weighted by molar-refractivity contribution is 0.152. The minimum atomic E-state index is -0.681. The summed E-state index contributed by atoms with van der Waals surface area (Å²) in [6.45, 7) is 1.76. The molecule has 14 heavy (non-hydrogen) atoms. The fourth-order valence-electron chi connectivity index (χ4n) is 1.20. The van der Waals surface area contributed by atoms with Crippen LogP contribution in [-0.2, 0) is 0 Å². The van der Waals surface area contributed by atoms with Crippen molar-refractivity contribution >= 4 is 15.9 Å². The third kappa shape index (κ3) is 2.26. The molecule has 0 aliphatic heterocycles. The van der Waals surface area contributed by atoms with Gasteiger partial charge in [0.2, 0.25) is 0 Å². The van der Waals surface area contributed by atoms with Gasteiger partial charge in [0.05, 0.1) is 17.7 Å². The summed E-state index contributed by atoms with van der Waals surface area (Å²) >= 11 is 3.37. The van der Waals surface area contributed by atoms with E-state index in [9.17, 15) is 5.11 Å². The average Bonchev–Trinajstić information content (AvgIpc) is 2.17. The molecule has 0 fully saturated rings. The summed E-state index contributed by atoms with van der Waals surface area (Å²) in [6.07, 6.45) is -0.681. The van der Waals surface area contributed by atoms with Gasteiger partial charge >= 0.3 is 0 Å². The van der Waals surface area contributed by atoms with Gasteiger partial charge < -0.3 is 15.6 Å². The summed E-state index contributed by atoms with van der Waals surface area (Å²) in [5.74, 6) is 0.696. The van der Waals surface area contributed by atoms with Gasteiger partial charge in [-0.05, 0) is 34.5 Å². The Morgan fingerprint density at radius 2 is 2.14 bits per heavy atom.